The van der Waals surface area contributed by atoms with Crippen molar-refractivity contribution in [1.82, 2.24) is 5.32 Å². The summed E-state index contributed by atoms with van der Waals surface area (Å²) in [6.45, 7) is 2.11. The van der Waals surface area contributed by atoms with Gasteiger partial charge in [0.2, 0.25) is 0 Å². The lowest BCUT2D eigenvalue weighted by Gasteiger charge is -2.22. The van der Waals surface area contributed by atoms with Crippen molar-refractivity contribution in [3.8, 4) is 0 Å². The fraction of sp³-hybridized carbons (Fsp3) is 0.368. The largest absolute Gasteiger partial charge is 0.382 e. The van der Waals surface area contributed by atoms with Crippen LogP contribution in [0.3, 0.4) is 0 Å². The summed E-state index contributed by atoms with van der Waals surface area (Å²) in [4.78, 5) is 0.214. The second kappa shape index (κ2) is 8.58. The van der Waals surface area contributed by atoms with Gasteiger partial charge in [-0.3, -0.25) is 4.31 Å². The van der Waals surface area contributed by atoms with Crippen molar-refractivity contribution in [2.24, 2.45) is 0 Å². The monoisotopic (exact) mass is 410 g/mol. The van der Waals surface area contributed by atoms with Crippen LogP contribution < -0.4 is 9.62 Å². The molecule has 8 heteroatoms. The summed E-state index contributed by atoms with van der Waals surface area (Å²) in [5.41, 5.74) is 2.21. The van der Waals surface area contributed by atoms with Crippen LogP contribution in [0, 0.1) is 0 Å². The van der Waals surface area contributed by atoms with Gasteiger partial charge in [-0.2, -0.15) is 0 Å². The molecule has 0 fully saturated rings. The number of hydrogen-bond acceptors (Lipinski definition) is 5. The molecule has 0 spiro atoms. The fourth-order valence-electron chi connectivity index (χ4n) is 3.17. The van der Waals surface area contributed by atoms with Gasteiger partial charge >= 0.3 is 0 Å². The molecule has 2 aromatic carbocycles. The van der Waals surface area contributed by atoms with Gasteiger partial charge in [-0.25, -0.2) is 8.42 Å². The molecule has 1 aliphatic rings. The smallest absolute Gasteiger partial charge is 0.264 e. The molecule has 0 saturated heterocycles. The van der Waals surface area contributed by atoms with Gasteiger partial charge < -0.3 is 14.8 Å². The van der Waals surface area contributed by atoms with Crippen molar-refractivity contribution in [3.05, 3.63) is 58.6 Å². The van der Waals surface area contributed by atoms with Gasteiger partial charge in [0.25, 0.3) is 10.0 Å². The molecule has 0 aliphatic carbocycles. The van der Waals surface area contributed by atoms with Gasteiger partial charge in [0.15, 0.2) is 0 Å². The van der Waals surface area contributed by atoms with Crippen LogP contribution in [0.15, 0.2) is 47.4 Å². The number of halogens is 1. The highest BCUT2D eigenvalue weighted by Gasteiger charge is 2.34. The fourth-order valence-corrected chi connectivity index (χ4v) is 4.89. The first-order chi connectivity index (χ1) is 13.0. The molecule has 1 N–H and O–H groups in total. The number of hydrogen-bond donors (Lipinski definition) is 1. The van der Waals surface area contributed by atoms with Gasteiger partial charge in [-0.15, -0.1) is 0 Å². The van der Waals surface area contributed by atoms with E-state index in [1.54, 1.807) is 26.3 Å². The van der Waals surface area contributed by atoms with E-state index in [-0.39, 0.29) is 10.9 Å². The summed E-state index contributed by atoms with van der Waals surface area (Å²) < 4.78 is 38.1. The summed E-state index contributed by atoms with van der Waals surface area (Å²) in [7, 11) is -0.515. The summed E-state index contributed by atoms with van der Waals surface area (Å²) >= 11 is 6.10. The van der Waals surface area contributed by atoms with E-state index in [4.69, 9.17) is 21.1 Å². The van der Waals surface area contributed by atoms with Crippen LogP contribution in [-0.2, 0) is 19.5 Å². The van der Waals surface area contributed by atoms with E-state index in [1.165, 1.54) is 10.4 Å². The van der Waals surface area contributed by atoms with Crippen LogP contribution in [0.2, 0.25) is 5.02 Å². The lowest BCUT2D eigenvalue weighted by molar-refractivity contribution is 0.0714. The Balaban J connectivity index is 1.98. The van der Waals surface area contributed by atoms with Crippen molar-refractivity contribution in [2.75, 3.05) is 44.8 Å². The van der Waals surface area contributed by atoms with E-state index in [0.717, 1.165) is 5.56 Å². The number of anilines is 1. The zero-order valence-electron chi connectivity index (χ0n) is 15.3. The molecule has 2 aromatic rings. The molecule has 0 radical (unpaired) electrons. The normalized spacial score (nSPS) is 17.9. The maximum absolute atomic E-state index is 13.1. The number of benzene rings is 2. The number of methoxy groups -OCH3 is 1. The molecule has 0 amide bonds. The first-order valence-corrected chi connectivity index (χ1v) is 10.5. The number of para-hydroxylation sites is 1. The number of sulfonamides is 1. The molecule has 3 rings (SSSR count). The first-order valence-electron chi connectivity index (χ1n) is 8.64. The lowest BCUT2D eigenvalue weighted by Crippen LogP contribution is -2.27. The van der Waals surface area contributed by atoms with Crippen LogP contribution >= 0.6 is 11.6 Å². The highest BCUT2D eigenvalue weighted by molar-refractivity contribution is 7.92. The van der Waals surface area contributed by atoms with Crippen molar-refractivity contribution in [2.45, 2.75) is 10.9 Å². The number of fused-ring (bicyclic) bond motifs is 2. The quantitative estimate of drug-likeness (QED) is 0.711. The van der Waals surface area contributed by atoms with Crippen LogP contribution in [0.5, 0.6) is 0 Å². The Labute approximate surface area is 165 Å². The summed E-state index contributed by atoms with van der Waals surface area (Å²) in [6.07, 6.45) is 0. The Morgan fingerprint density at radius 1 is 1.11 bits per heavy atom. The number of nitrogens with zero attached hydrogens (tertiary/aromatic N) is 1. The van der Waals surface area contributed by atoms with Crippen molar-refractivity contribution >= 4 is 27.3 Å². The molecule has 0 bridgehead atoms. The Hall–Kier alpha value is -1.64. The van der Waals surface area contributed by atoms with Gasteiger partial charge in [-0.1, -0.05) is 35.9 Å². The van der Waals surface area contributed by atoms with Crippen molar-refractivity contribution in [3.63, 3.8) is 0 Å². The van der Waals surface area contributed by atoms with Crippen LogP contribution in [0.4, 0.5) is 5.69 Å². The molecular formula is C19H23ClN2O4S. The second-order valence-corrected chi connectivity index (χ2v) is 8.58. The molecule has 1 heterocycles. The average Bonchev–Trinajstić information content (AvgIpc) is 2.73. The van der Waals surface area contributed by atoms with E-state index in [2.05, 4.69) is 5.32 Å². The molecule has 0 saturated carbocycles. The molecule has 1 unspecified atom stereocenters. The summed E-state index contributed by atoms with van der Waals surface area (Å²) in [5.74, 6) is 0. The average molecular weight is 411 g/mol. The highest BCUT2D eigenvalue weighted by Crippen LogP contribution is 2.40. The third-order valence-corrected chi connectivity index (χ3v) is 6.60. The molecule has 6 nitrogen and oxygen atoms in total. The Bertz CT molecular complexity index is 904. The van der Waals surface area contributed by atoms with Crippen molar-refractivity contribution < 1.29 is 17.9 Å². The second-order valence-electron chi connectivity index (χ2n) is 6.21. The molecular weight excluding hydrogens is 388 g/mol. The van der Waals surface area contributed by atoms with E-state index in [9.17, 15) is 8.42 Å². The van der Waals surface area contributed by atoms with Gasteiger partial charge in [0, 0.05) is 25.7 Å². The minimum absolute atomic E-state index is 0.214. The zero-order chi connectivity index (χ0) is 19.4. The zero-order valence-corrected chi connectivity index (χ0v) is 16.9. The Morgan fingerprint density at radius 3 is 2.67 bits per heavy atom. The van der Waals surface area contributed by atoms with Gasteiger partial charge in [-0.05, 0) is 29.3 Å². The SMILES string of the molecule is COCCOCCNC1c2ccccc2N(C)S(=O)(=O)c2cc(Cl)ccc21. The van der Waals surface area contributed by atoms with E-state index in [0.29, 0.717) is 42.6 Å². The van der Waals surface area contributed by atoms with E-state index >= 15 is 0 Å². The number of ether oxygens (including phenoxy) is 2. The third-order valence-electron chi connectivity index (χ3n) is 4.54. The van der Waals surface area contributed by atoms with E-state index in [1.807, 2.05) is 24.3 Å². The Kier molecular flexibility index (Phi) is 6.39. The molecule has 27 heavy (non-hydrogen) atoms. The van der Waals surface area contributed by atoms with Gasteiger partial charge in [0.1, 0.15) is 0 Å². The highest BCUT2D eigenvalue weighted by atomic mass is 35.5. The summed E-state index contributed by atoms with van der Waals surface area (Å²) in [6, 6.07) is 12.2. The Morgan fingerprint density at radius 2 is 1.89 bits per heavy atom. The maximum atomic E-state index is 13.1. The van der Waals surface area contributed by atoms with Crippen LogP contribution in [0.1, 0.15) is 17.2 Å². The standard InChI is InChI=1S/C19H23ClN2O4S/c1-22-17-6-4-3-5-15(17)19(21-9-10-26-12-11-25-2)16-8-7-14(20)13-18(16)27(22,23)24/h3-8,13,19,21H,9-12H2,1-2H3. The predicted molar refractivity (Wildman–Crippen MR) is 106 cm³/mol. The molecule has 0 aromatic heterocycles. The third kappa shape index (κ3) is 4.12. The minimum Gasteiger partial charge on any atom is -0.382 e. The predicted octanol–water partition coefficient (Wildman–Crippen LogP) is 2.82. The number of nitrogens with one attached hydrogen (secondary N) is 1. The van der Waals surface area contributed by atoms with Crippen LogP contribution in [-0.4, -0.2) is 48.9 Å². The number of rotatable bonds is 7. The van der Waals surface area contributed by atoms with Gasteiger partial charge in [0.05, 0.1) is 36.4 Å². The van der Waals surface area contributed by atoms with E-state index < -0.39 is 10.0 Å². The maximum Gasteiger partial charge on any atom is 0.264 e. The molecule has 1 atom stereocenters. The minimum atomic E-state index is -3.71. The summed E-state index contributed by atoms with van der Waals surface area (Å²) in [5, 5.41) is 3.82. The van der Waals surface area contributed by atoms with Crippen LogP contribution in [0.25, 0.3) is 0 Å². The topological polar surface area (TPSA) is 67.9 Å². The molecule has 1 aliphatic heterocycles. The molecule has 146 valence electrons. The first kappa shape index (κ1) is 20.1. The van der Waals surface area contributed by atoms with Crippen molar-refractivity contribution in [1.29, 1.82) is 0 Å². The lowest BCUT2D eigenvalue weighted by atomic mass is 9.97.